The maximum absolute atomic E-state index is 13.6. The standard InChI is InChI=1S/C12H11BrF2N4O/c1-2-19-11(9(16)5-17-19)12(20)18-10-3-6(13)7(14)4-8(10)15/h3-5H,2,16H2,1H3,(H,18,20). The summed E-state index contributed by atoms with van der Waals surface area (Å²) < 4.78 is 28.1. The van der Waals surface area contributed by atoms with Crippen molar-refractivity contribution in [1.82, 2.24) is 9.78 Å². The molecule has 0 fully saturated rings. The summed E-state index contributed by atoms with van der Waals surface area (Å²) in [5.41, 5.74) is 5.83. The van der Waals surface area contributed by atoms with E-state index >= 15 is 0 Å². The normalized spacial score (nSPS) is 10.6. The molecule has 0 spiro atoms. The summed E-state index contributed by atoms with van der Waals surface area (Å²) in [6, 6.07) is 1.82. The Labute approximate surface area is 121 Å². The molecule has 0 aliphatic carbocycles. The van der Waals surface area contributed by atoms with E-state index in [1.807, 2.05) is 0 Å². The summed E-state index contributed by atoms with van der Waals surface area (Å²) >= 11 is 2.93. The number of benzene rings is 1. The molecular weight excluding hydrogens is 334 g/mol. The molecule has 0 atom stereocenters. The Bertz CT molecular complexity index is 672. The molecule has 106 valence electrons. The first kappa shape index (κ1) is 14.4. The molecule has 0 aliphatic heterocycles. The molecule has 5 nitrogen and oxygen atoms in total. The number of carbonyl (C=O) groups is 1. The van der Waals surface area contributed by atoms with Gasteiger partial charge < -0.3 is 11.1 Å². The summed E-state index contributed by atoms with van der Waals surface area (Å²) in [6.45, 7) is 2.23. The topological polar surface area (TPSA) is 72.9 Å². The number of nitrogens with two attached hydrogens (primary N) is 1. The van der Waals surface area contributed by atoms with Gasteiger partial charge in [-0.25, -0.2) is 8.78 Å². The lowest BCUT2D eigenvalue weighted by Crippen LogP contribution is -2.19. The number of aryl methyl sites for hydroxylation is 1. The molecule has 0 saturated carbocycles. The molecule has 8 heteroatoms. The van der Waals surface area contributed by atoms with Crippen LogP contribution in [0.5, 0.6) is 0 Å². The monoisotopic (exact) mass is 344 g/mol. The van der Waals surface area contributed by atoms with Crippen molar-refractivity contribution in [3.8, 4) is 0 Å². The number of nitrogens with one attached hydrogen (secondary N) is 1. The third-order valence-electron chi connectivity index (χ3n) is 2.64. The molecule has 1 aromatic heterocycles. The van der Waals surface area contributed by atoms with Crippen LogP contribution in [0.25, 0.3) is 0 Å². The van der Waals surface area contributed by atoms with Gasteiger partial charge in [-0.1, -0.05) is 0 Å². The van der Waals surface area contributed by atoms with E-state index in [1.54, 1.807) is 6.92 Å². The fourth-order valence-electron chi connectivity index (χ4n) is 1.69. The van der Waals surface area contributed by atoms with Gasteiger partial charge in [0.05, 0.1) is 22.0 Å². The summed E-state index contributed by atoms with van der Waals surface area (Å²) in [7, 11) is 0. The van der Waals surface area contributed by atoms with E-state index in [4.69, 9.17) is 5.73 Å². The van der Waals surface area contributed by atoms with E-state index in [1.165, 1.54) is 10.9 Å². The number of halogens is 3. The van der Waals surface area contributed by atoms with Crippen molar-refractivity contribution >= 4 is 33.2 Å². The van der Waals surface area contributed by atoms with Gasteiger partial charge in [-0.3, -0.25) is 9.48 Å². The molecule has 0 aliphatic rings. The van der Waals surface area contributed by atoms with E-state index in [0.29, 0.717) is 12.6 Å². The maximum atomic E-state index is 13.6. The van der Waals surface area contributed by atoms with Crippen LogP contribution in [0.1, 0.15) is 17.4 Å². The van der Waals surface area contributed by atoms with Crippen LogP contribution >= 0.6 is 15.9 Å². The van der Waals surface area contributed by atoms with Crippen molar-refractivity contribution < 1.29 is 13.6 Å². The quantitative estimate of drug-likeness (QED) is 0.841. The third kappa shape index (κ3) is 2.64. The number of aromatic nitrogens is 2. The van der Waals surface area contributed by atoms with Gasteiger partial charge >= 0.3 is 0 Å². The van der Waals surface area contributed by atoms with Crippen LogP contribution < -0.4 is 11.1 Å². The lowest BCUT2D eigenvalue weighted by molar-refractivity contribution is 0.101. The Kier molecular flexibility index (Phi) is 4.03. The SMILES string of the molecule is CCn1ncc(N)c1C(=O)Nc1cc(Br)c(F)cc1F. The van der Waals surface area contributed by atoms with Crippen molar-refractivity contribution in [3.63, 3.8) is 0 Å². The molecule has 1 heterocycles. The van der Waals surface area contributed by atoms with E-state index in [-0.39, 0.29) is 21.5 Å². The fraction of sp³-hybridized carbons (Fsp3) is 0.167. The molecule has 1 amide bonds. The van der Waals surface area contributed by atoms with Gasteiger partial charge in [0.2, 0.25) is 0 Å². The zero-order valence-corrected chi connectivity index (χ0v) is 12.0. The van der Waals surface area contributed by atoms with Gasteiger partial charge in [0.15, 0.2) is 0 Å². The molecule has 0 saturated heterocycles. The van der Waals surface area contributed by atoms with Crippen molar-refractivity contribution in [2.75, 3.05) is 11.1 Å². The number of nitrogens with zero attached hydrogens (tertiary/aromatic N) is 2. The molecule has 0 bridgehead atoms. The zero-order valence-electron chi connectivity index (χ0n) is 10.5. The van der Waals surface area contributed by atoms with Crippen molar-refractivity contribution in [2.45, 2.75) is 13.5 Å². The van der Waals surface area contributed by atoms with Gasteiger partial charge in [-0.2, -0.15) is 5.10 Å². The summed E-state index contributed by atoms with van der Waals surface area (Å²) in [6.07, 6.45) is 1.34. The van der Waals surface area contributed by atoms with Gasteiger partial charge in [-0.15, -0.1) is 0 Å². The number of rotatable bonds is 3. The summed E-state index contributed by atoms with van der Waals surface area (Å²) in [5.74, 6) is -2.24. The highest BCUT2D eigenvalue weighted by atomic mass is 79.9. The van der Waals surface area contributed by atoms with Gasteiger partial charge in [-0.05, 0) is 28.9 Å². The summed E-state index contributed by atoms with van der Waals surface area (Å²) in [4.78, 5) is 12.1. The van der Waals surface area contributed by atoms with Crippen LogP contribution in [0.3, 0.4) is 0 Å². The fourth-order valence-corrected chi connectivity index (χ4v) is 2.03. The lowest BCUT2D eigenvalue weighted by Gasteiger charge is -2.09. The molecular formula is C12H11BrF2N4O. The highest BCUT2D eigenvalue weighted by molar-refractivity contribution is 9.10. The zero-order chi connectivity index (χ0) is 14.9. The Morgan fingerprint density at radius 2 is 2.15 bits per heavy atom. The first-order chi connectivity index (χ1) is 9.43. The van der Waals surface area contributed by atoms with Crippen LogP contribution in [-0.4, -0.2) is 15.7 Å². The molecule has 0 unspecified atom stereocenters. The first-order valence-corrected chi connectivity index (χ1v) is 6.50. The average Bonchev–Trinajstić information content (AvgIpc) is 2.77. The molecule has 2 aromatic rings. The largest absolute Gasteiger partial charge is 0.396 e. The Morgan fingerprint density at radius 1 is 1.45 bits per heavy atom. The second kappa shape index (κ2) is 5.58. The van der Waals surface area contributed by atoms with Crippen LogP contribution in [-0.2, 0) is 6.54 Å². The second-order valence-corrected chi connectivity index (χ2v) is 4.82. The Hall–Kier alpha value is -1.96. The molecule has 20 heavy (non-hydrogen) atoms. The average molecular weight is 345 g/mol. The smallest absolute Gasteiger partial charge is 0.276 e. The van der Waals surface area contributed by atoms with E-state index in [0.717, 1.165) is 6.07 Å². The number of hydrogen-bond acceptors (Lipinski definition) is 3. The Balaban J connectivity index is 2.33. The minimum Gasteiger partial charge on any atom is -0.396 e. The van der Waals surface area contributed by atoms with Gasteiger partial charge in [0, 0.05) is 12.6 Å². The van der Waals surface area contributed by atoms with E-state index < -0.39 is 17.5 Å². The second-order valence-electron chi connectivity index (χ2n) is 3.96. The number of carbonyl (C=O) groups excluding carboxylic acids is 1. The van der Waals surface area contributed by atoms with Crippen molar-refractivity contribution in [3.05, 3.63) is 40.1 Å². The Morgan fingerprint density at radius 3 is 2.80 bits per heavy atom. The van der Waals surface area contributed by atoms with Crippen LogP contribution in [0.2, 0.25) is 0 Å². The summed E-state index contributed by atoms with van der Waals surface area (Å²) in [5, 5.41) is 6.26. The van der Waals surface area contributed by atoms with Crippen molar-refractivity contribution in [2.24, 2.45) is 0 Å². The minimum absolute atomic E-state index is 0.0474. The lowest BCUT2D eigenvalue weighted by atomic mass is 10.2. The number of nitrogen functional groups attached to an aromatic ring is 1. The van der Waals surface area contributed by atoms with Crippen molar-refractivity contribution in [1.29, 1.82) is 0 Å². The predicted molar refractivity (Wildman–Crippen MR) is 74.3 cm³/mol. The number of anilines is 2. The minimum atomic E-state index is -0.875. The first-order valence-electron chi connectivity index (χ1n) is 5.71. The van der Waals surface area contributed by atoms with Gasteiger partial charge in [0.25, 0.3) is 5.91 Å². The molecule has 1 aromatic carbocycles. The maximum Gasteiger partial charge on any atom is 0.276 e. The van der Waals surface area contributed by atoms with Crippen LogP contribution in [0, 0.1) is 11.6 Å². The predicted octanol–water partition coefficient (Wildman–Crippen LogP) is 2.78. The number of amides is 1. The van der Waals surface area contributed by atoms with Gasteiger partial charge in [0.1, 0.15) is 17.3 Å². The number of hydrogen-bond donors (Lipinski definition) is 2. The molecule has 2 rings (SSSR count). The highest BCUT2D eigenvalue weighted by Gasteiger charge is 2.18. The van der Waals surface area contributed by atoms with E-state index in [2.05, 4.69) is 26.3 Å². The van der Waals surface area contributed by atoms with E-state index in [9.17, 15) is 13.6 Å². The highest BCUT2D eigenvalue weighted by Crippen LogP contribution is 2.24. The van der Waals surface area contributed by atoms with Crippen LogP contribution in [0.15, 0.2) is 22.8 Å². The molecule has 0 radical (unpaired) electrons. The third-order valence-corrected chi connectivity index (χ3v) is 3.25. The molecule has 3 N–H and O–H groups in total. The van der Waals surface area contributed by atoms with Crippen LogP contribution in [0.4, 0.5) is 20.2 Å².